The van der Waals surface area contributed by atoms with Gasteiger partial charge in [-0.25, -0.2) is 14.4 Å². The first-order valence-electron chi connectivity index (χ1n) is 10.3. The molecule has 5 rings (SSSR count). The Hall–Kier alpha value is -3.46. The van der Waals surface area contributed by atoms with Gasteiger partial charge in [-0.3, -0.25) is 9.20 Å². The zero-order valence-electron chi connectivity index (χ0n) is 17.7. The van der Waals surface area contributed by atoms with Crippen LogP contribution in [0, 0.1) is 19.7 Å². The molecule has 9 heteroatoms. The Kier molecular flexibility index (Phi) is 4.62. The van der Waals surface area contributed by atoms with Crippen LogP contribution in [0.4, 0.5) is 15.9 Å². The van der Waals surface area contributed by atoms with E-state index in [2.05, 4.69) is 25.5 Å². The molecule has 0 saturated carbocycles. The lowest BCUT2D eigenvalue weighted by atomic mass is 10.2. The van der Waals surface area contributed by atoms with Gasteiger partial charge in [0.05, 0.1) is 22.6 Å². The van der Waals surface area contributed by atoms with Gasteiger partial charge >= 0.3 is 0 Å². The minimum absolute atomic E-state index is 0.233. The van der Waals surface area contributed by atoms with Crippen LogP contribution in [0.15, 0.2) is 36.8 Å². The standard InChI is InChI=1S/C22H24FN7O/c1-13-9-29-12-16(8-18(23)21(29)26-13)27-22(31)17-4-5-19(28-7-6-15(11-28)24-3)30-10-14(2)25-20(17)30/h4-5,8-10,12,15,24H,6-7,11H2,1-3H3,(H,27,31). The second kappa shape index (κ2) is 7.35. The van der Waals surface area contributed by atoms with Gasteiger partial charge in [-0.1, -0.05) is 0 Å². The molecule has 1 unspecified atom stereocenters. The quantitative estimate of drug-likeness (QED) is 0.530. The summed E-state index contributed by atoms with van der Waals surface area (Å²) >= 11 is 0. The van der Waals surface area contributed by atoms with Crippen LogP contribution >= 0.6 is 0 Å². The second-order valence-electron chi connectivity index (χ2n) is 8.05. The number of anilines is 2. The molecule has 4 aromatic rings. The van der Waals surface area contributed by atoms with Crippen molar-refractivity contribution in [1.82, 2.24) is 24.1 Å². The minimum atomic E-state index is -0.490. The van der Waals surface area contributed by atoms with Crippen LogP contribution in [-0.4, -0.2) is 50.9 Å². The predicted octanol–water partition coefficient (Wildman–Crippen LogP) is 2.79. The van der Waals surface area contributed by atoms with E-state index in [1.165, 1.54) is 6.07 Å². The van der Waals surface area contributed by atoms with Crippen molar-refractivity contribution in [3.63, 3.8) is 0 Å². The maximum Gasteiger partial charge on any atom is 0.259 e. The van der Waals surface area contributed by atoms with Crippen molar-refractivity contribution < 1.29 is 9.18 Å². The Morgan fingerprint density at radius 2 is 1.90 bits per heavy atom. The van der Waals surface area contributed by atoms with Crippen molar-refractivity contribution in [3.8, 4) is 0 Å². The number of imidazole rings is 2. The maximum atomic E-state index is 14.4. The Bertz CT molecular complexity index is 1310. The van der Waals surface area contributed by atoms with Gasteiger partial charge in [-0.15, -0.1) is 0 Å². The third kappa shape index (κ3) is 3.40. The van der Waals surface area contributed by atoms with Crippen LogP contribution in [0.1, 0.15) is 28.2 Å². The smallest absolute Gasteiger partial charge is 0.259 e. The van der Waals surface area contributed by atoms with Crippen molar-refractivity contribution in [2.24, 2.45) is 0 Å². The van der Waals surface area contributed by atoms with E-state index in [9.17, 15) is 9.18 Å². The third-order valence-electron chi connectivity index (χ3n) is 5.76. The van der Waals surface area contributed by atoms with Gasteiger partial charge in [-0.05, 0) is 39.4 Å². The van der Waals surface area contributed by atoms with Crippen molar-refractivity contribution in [3.05, 3.63) is 59.6 Å². The second-order valence-corrected chi connectivity index (χ2v) is 8.05. The molecule has 5 heterocycles. The summed E-state index contributed by atoms with van der Waals surface area (Å²) in [5.74, 6) is 0.176. The van der Waals surface area contributed by atoms with Crippen LogP contribution in [0.5, 0.6) is 0 Å². The summed E-state index contributed by atoms with van der Waals surface area (Å²) in [5, 5.41) is 6.13. The number of rotatable bonds is 4. The molecular formula is C22H24FN7O. The lowest BCUT2D eigenvalue weighted by Crippen LogP contribution is -2.30. The number of amides is 1. The molecule has 0 radical (unpaired) electrons. The average Bonchev–Trinajstić information content (AvgIpc) is 3.44. The number of pyridine rings is 2. The molecular weight excluding hydrogens is 397 g/mol. The number of carbonyl (C=O) groups is 1. The normalized spacial score (nSPS) is 16.5. The average molecular weight is 421 g/mol. The molecule has 0 aliphatic carbocycles. The van der Waals surface area contributed by atoms with Crippen LogP contribution in [0.25, 0.3) is 11.3 Å². The van der Waals surface area contributed by atoms with Gasteiger partial charge in [0.1, 0.15) is 5.82 Å². The Labute approximate surface area is 178 Å². The van der Waals surface area contributed by atoms with Crippen LogP contribution < -0.4 is 15.5 Å². The summed E-state index contributed by atoms with van der Waals surface area (Å²) in [6.07, 6.45) is 6.37. The van der Waals surface area contributed by atoms with Crippen molar-refractivity contribution in [2.45, 2.75) is 26.3 Å². The molecule has 4 aromatic heterocycles. The highest BCUT2D eigenvalue weighted by molar-refractivity contribution is 6.08. The van der Waals surface area contributed by atoms with E-state index < -0.39 is 5.82 Å². The van der Waals surface area contributed by atoms with E-state index in [1.54, 1.807) is 29.8 Å². The van der Waals surface area contributed by atoms with Crippen LogP contribution in [0.2, 0.25) is 0 Å². The molecule has 8 nitrogen and oxygen atoms in total. The number of carbonyl (C=O) groups excluding carboxylic acids is 1. The summed E-state index contributed by atoms with van der Waals surface area (Å²) in [4.78, 5) is 24.1. The molecule has 1 aliphatic rings. The predicted molar refractivity (Wildman–Crippen MR) is 117 cm³/mol. The largest absolute Gasteiger partial charge is 0.356 e. The summed E-state index contributed by atoms with van der Waals surface area (Å²) < 4.78 is 17.9. The summed E-state index contributed by atoms with van der Waals surface area (Å²) in [6.45, 7) is 5.54. The number of nitrogens with zero attached hydrogens (tertiary/aromatic N) is 5. The first-order valence-corrected chi connectivity index (χ1v) is 10.3. The van der Waals surface area contributed by atoms with Crippen LogP contribution in [-0.2, 0) is 0 Å². The molecule has 2 N–H and O–H groups in total. The number of hydrogen-bond donors (Lipinski definition) is 2. The van der Waals surface area contributed by atoms with Gasteiger partial charge in [-0.2, -0.15) is 0 Å². The van der Waals surface area contributed by atoms with Gasteiger partial charge < -0.3 is 19.9 Å². The van der Waals surface area contributed by atoms with Crippen molar-refractivity contribution >= 4 is 28.7 Å². The zero-order valence-corrected chi connectivity index (χ0v) is 17.7. The molecule has 1 fully saturated rings. The molecule has 0 bridgehead atoms. The lowest BCUT2D eigenvalue weighted by molar-refractivity contribution is 0.102. The topological polar surface area (TPSA) is 79.0 Å². The molecule has 160 valence electrons. The number of nitrogens with one attached hydrogen (secondary N) is 2. The SMILES string of the molecule is CNC1CCN(c2ccc(C(=O)Nc3cc(F)c4nc(C)cn4c3)c3nc(C)cn23)C1. The fourth-order valence-electron chi connectivity index (χ4n) is 4.26. The van der Waals surface area contributed by atoms with E-state index in [1.807, 2.05) is 30.6 Å². The summed E-state index contributed by atoms with van der Waals surface area (Å²) in [6, 6.07) is 5.46. The van der Waals surface area contributed by atoms with Crippen molar-refractivity contribution in [2.75, 3.05) is 30.4 Å². The van der Waals surface area contributed by atoms with E-state index in [4.69, 9.17) is 0 Å². The number of likely N-dealkylation sites (N-methyl/N-ethyl adjacent to an activating group) is 1. The van der Waals surface area contributed by atoms with Gasteiger partial charge in [0.15, 0.2) is 17.1 Å². The first kappa shape index (κ1) is 19.5. The molecule has 1 saturated heterocycles. The number of aromatic nitrogens is 4. The lowest BCUT2D eigenvalue weighted by Gasteiger charge is -2.21. The van der Waals surface area contributed by atoms with E-state index in [0.29, 0.717) is 28.6 Å². The van der Waals surface area contributed by atoms with E-state index >= 15 is 0 Å². The minimum Gasteiger partial charge on any atom is -0.356 e. The van der Waals surface area contributed by atoms with Gasteiger partial charge in [0.25, 0.3) is 5.91 Å². The van der Waals surface area contributed by atoms with Crippen LogP contribution in [0.3, 0.4) is 0 Å². The molecule has 1 amide bonds. The Morgan fingerprint density at radius 1 is 1.13 bits per heavy atom. The van der Waals surface area contributed by atoms with E-state index in [0.717, 1.165) is 31.0 Å². The molecule has 1 aliphatic heterocycles. The van der Waals surface area contributed by atoms with Gasteiger partial charge in [0.2, 0.25) is 0 Å². The maximum absolute atomic E-state index is 14.4. The molecule has 1 atom stereocenters. The molecule has 0 aromatic carbocycles. The van der Waals surface area contributed by atoms with Crippen molar-refractivity contribution in [1.29, 1.82) is 0 Å². The third-order valence-corrected chi connectivity index (χ3v) is 5.76. The monoisotopic (exact) mass is 421 g/mol. The highest BCUT2D eigenvalue weighted by Gasteiger charge is 2.24. The Balaban J connectivity index is 1.49. The zero-order chi connectivity index (χ0) is 21.7. The highest BCUT2D eigenvalue weighted by atomic mass is 19.1. The first-order chi connectivity index (χ1) is 14.9. The van der Waals surface area contributed by atoms with E-state index in [-0.39, 0.29) is 11.6 Å². The summed E-state index contributed by atoms with van der Waals surface area (Å²) in [7, 11) is 1.98. The Morgan fingerprint density at radius 3 is 2.68 bits per heavy atom. The molecule has 31 heavy (non-hydrogen) atoms. The number of hydrogen-bond acceptors (Lipinski definition) is 5. The fourth-order valence-corrected chi connectivity index (χ4v) is 4.26. The highest BCUT2D eigenvalue weighted by Crippen LogP contribution is 2.25. The number of aryl methyl sites for hydroxylation is 2. The number of halogens is 1. The molecule has 0 spiro atoms. The van der Waals surface area contributed by atoms with Gasteiger partial charge in [0, 0.05) is 43.8 Å². The fraction of sp³-hybridized carbons (Fsp3) is 0.318. The summed E-state index contributed by atoms with van der Waals surface area (Å²) in [5.41, 5.74) is 3.14. The number of fused-ring (bicyclic) bond motifs is 2.